The molecule has 34 nitrogen and oxygen atoms in total. The van der Waals surface area contributed by atoms with E-state index in [2.05, 4.69) is 117 Å². The lowest BCUT2D eigenvalue weighted by atomic mass is 10.2. The molecule has 93 heavy (non-hydrogen) atoms. The van der Waals surface area contributed by atoms with Gasteiger partial charge in [-0.15, -0.1) is 0 Å². The van der Waals surface area contributed by atoms with Crippen molar-refractivity contribution in [3.8, 4) is 0 Å². The molecule has 0 saturated carbocycles. The largest absolute Gasteiger partial charge is 0.477 e. The Balaban J connectivity index is 0.000000305. The average Bonchev–Trinajstić information content (AvgIpc) is 1.99. The van der Waals surface area contributed by atoms with E-state index < -0.39 is 41.5 Å². The SMILES string of the molecule is CC(=O)CCCNc1cc(C(=O)O)ncn1.CC(=O)NCCCNc1cc(C(=O)O)ncn1.CC(C)(C)OC(=O)NC1CCN(c2cc(C(=O)O)ncn2)C1.CCN(CC)CCCNc1cc(C(=O)O)ncn1.CN1CCN(CCCNc2cc(C(=O)O)ncn2)CC1. The number of carboxylic acid groups (broad SMARTS) is 5. The summed E-state index contributed by atoms with van der Waals surface area (Å²) in [5.41, 5.74) is -0.661. The van der Waals surface area contributed by atoms with Crippen LogP contribution in [-0.4, -0.2) is 255 Å². The van der Waals surface area contributed by atoms with Crippen LogP contribution in [0.15, 0.2) is 62.0 Å². The fourth-order valence-corrected chi connectivity index (χ4v) is 8.25. The second-order valence-corrected chi connectivity index (χ2v) is 21.7. The minimum absolute atomic E-state index is 0.0104. The number of amides is 2. The van der Waals surface area contributed by atoms with Crippen LogP contribution in [0.2, 0.25) is 0 Å². The Hall–Kier alpha value is -9.96. The second kappa shape index (κ2) is 42.2. The first-order valence-corrected chi connectivity index (χ1v) is 30.1. The first-order chi connectivity index (χ1) is 44.2. The normalized spacial score (nSPS) is 13.5. The molecule has 0 radical (unpaired) electrons. The van der Waals surface area contributed by atoms with E-state index in [-0.39, 0.29) is 46.2 Å². The quantitative estimate of drug-likeness (QED) is 0.0302. The maximum Gasteiger partial charge on any atom is 0.407 e. The first kappa shape index (κ1) is 77.3. The van der Waals surface area contributed by atoms with Gasteiger partial charge < -0.3 is 86.6 Å². The third kappa shape index (κ3) is 33.6. The van der Waals surface area contributed by atoms with E-state index in [1.165, 1.54) is 75.8 Å². The number of piperazine rings is 1. The number of aromatic nitrogens is 10. The number of carboxylic acids is 5. The number of anilines is 5. The van der Waals surface area contributed by atoms with E-state index in [1.54, 1.807) is 0 Å². The number of ether oxygens (including phenoxy) is 1. The Morgan fingerprint density at radius 1 is 0.538 bits per heavy atom. The Morgan fingerprint density at radius 3 is 1.35 bits per heavy atom. The Labute approximate surface area is 539 Å². The number of likely N-dealkylation sites (N-methyl/N-ethyl adjacent to an activating group) is 1. The Morgan fingerprint density at radius 2 is 0.946 bits per heavy atom. The topological polar surface area (TPSA) is 461 Å². The minimum Gasteiger partial charge on any atom is -0.477 e. The number of nitrogens with zero attached hydrogens (tertiary/aromatic N) is 14. The van der Waals surface area contributed by atoms with Crippen molar-refractivity contribution in [2.75, 3.05) is 131 Å². The van der Waals surface area contributed by atoms with Gasteiger partial charge in [-0.3, -0.25) is 4.79 Å². The number of carbonyl (C=O) groups is 8. The van der Waals surface area contributed by atoms with E-state index in [0.717, 1.165) is 91.1 Å². The molecule has 0 spiro atoms. The van der Waals surface area contributed by atoms with E-state index in [0.29, 0.717) is 74.7 Å². The standard InChI is InChI=1S/C14H20N4O4.C13H21N5O2.C12H20N4O2.C10H14N4O3.C10H13N3O3/c1-14(2,3)22-13(21)17-9-4-5-18(7-9)11-6-10(12(19)20)15-8-16-11;1-17-5-7-18(8-6-17)4-2-3-14-12-9-11(13(19)20)15-10-16-12;1-3-16(4-2)7-5-6-13-11-8-10(12(17)18)14-9-15-11;1-7(15)11-3-2-4-12-9-5-8(10(16)17)13-6-14-9;1-7(14)3-2-4-11-9-5-8(10(15)16)12-6-13-9/h6,8-9H,4-5,7H2,1-3H3,(H,17,21)(H,19,20);9-10H,2-8H2,1H3,(H,19,20)(H,14,15,16);8-9H,3-7H2,1-2H3,(H,17,18)(H,13,14,15);5-6H,2-4H2,1H3,(H,11,15)(H,16,17)(H,12,13,14);5-6H,2-4H2,1H3,(H,15,16)(H,11,12,13). The van der Waals surface area contributed by atoms with Crippen LogP contribution in [0.25, 0.3) is 0 Å². The predicted molar refractivity (Wildman–Crippen MR) is 343 cm³/mol. The summed E-state index contributed by atoms with van der Waals surface area (Å²) < 4.78 is 5.22. The molecule has 7 rings (SSSR count). The molecule has 0 aromatic carbocycles. The van der Waals surface area contributed by atoms with E-state index in [9.17, 15) is 38.4 Å². The van der Waals surface area contributed by atoms with E-state index in [4.69, 9.17) is 30.3 Å². The second-order valence-electron chi connectivity index (χ2n) is 21.7. The molecule has 1 unspecified atom stereocenters. The third-order valence-corrected chi connectivity index (χ3v) is 13.1. The van der Waals surface area contributed by atoms with Crippen molar-refractivity contribution in [2.45, 2.75) is 98.6 Å². The lowest BCUT2D eigenvalue weighted by molar-refractivity contribution is -0.119. The summed E-state index contributed by atoms with van der Waals surface area (Å²) in [5.74, 6) is -2.70. The zero-order chi connectivity index (χ0) is 68.7. The lowest BCUT2D eigenvalue weighted by Crippen LogP contribution is -2.44. The van der Waals surface area contributed by atoms with Crippen molar-refractivity contribution in [3.05, 3.63) is 90.4 Å². The molecule has 7 heterocycles. The number of Topliss-reactive ketones (excluding diaryl/α,β-unsaturated/α-hetero) is 1. The molecule has 2 aliphatic heterocycles. The highest BCUT2D eigenvalue weighted by atomic mass is 16.6. The van der Waals surface area contributed by atoms with Crippen molar-refractivity contribution < 1.29 is 68.6 Å². The van der Waals surface area contributed by atoms with Crippen molar-refractivity contribution in [2.24, 2.45) is 0 Å². The molecule has 508 valence electrons. The molecule has 2 aliphatic rings. The first-order valence-electron chi connectivity index (χ1n) is 30.1. The molecule has 2 fully saturated rings. The molecule has 5 aromatic heterocycles. The van der Waals surface area contributed by atoms with Crippen LogP contribution in [-0.2, 0) is 14.3 Å². The van der Waals surface area contributed by atoms with Gasteiger partial charge in [-0.1, -0.05) is 13.8 Å². The smallest absolute Gasteiger partial charge is 0.407 e. The van der Waals surface area contributed by atoms with Crippen LogP contribution < -0.4 is 36.8 Å². The number of rotatable bonds is 29. The van der Waals surface area contributed by atoms with Gasteiger partial charge in [0.1, 0.15) is 72.1 Å². The highest BCUT2D eigenvalue weighted by molar-refractivity contribution is 5.88. The third-order valence-electron chi connectivity index (χ3n) is 13.1. The molecular weight excluding hydrogens is 1210 g/mol. The Kier molecular flexibility index (Phi) is 35.0. The van der Waals surface area contributed by atoms with Gasteiger partial charge in [-0.2, -0.15) is 0 Å². The van der Waals surface area contributed by atoms with Gasteiger partial charge in [0.05, 0.1) is 6.04 Å². The summed E-state index contributed by atoms with van der Waals surface area (Å²) in [6.45, 7) is 25.9. The molecule has 0 aliphatic carbocycles. The summed E-state index contributed by atoms with van der Waals surface area (Å²) in [7, 11) is 2.15. The summed E-state index contributed by atoms with van der Waals surface area (Å²) in [5, 5.41) is 61.6. The van der Waals surface area contributed by atoms with Crippen LogP contribution in [0, 0.1) is 0 Å². The van der Waals surface area contributed by atoms with Gasteiger partial charge in [0, 0.05) is 116 Å². The van der Waals surface area contributed by atoms with Crippen LogP contribution in [0.3, 0.4) is 0 Å². The van der Waals surface area contributed by atoms with Gasteiger partial charge in [-0.05, 0) is 93.0 Å². The van der Waals surface area contributed by atoms with Crippen molar-refractivity contribution >= 4 is 76.7 Å². The molecular formula is C59H88N20O14. The highest BCUT2D eigenvalue weighted by Crippen LogP contribution is 2.19. The molecule has 11 N–H and O–H groups in total. The van der Waals surface area contributed by atoms with Gasteiger partial charge in [-0.25, -0.2) is 78.6 Å². The number of hydrogen-bond acceptors (Lipinski definition) is 27. The van der Waals surface area contributed by atoms with Gasteiger partial charge in [0.2, 0.25) is 5.91 Å². The van der Waals surface area contributed by atoms with Crippen molar-refractivity contribution in [1.82, 2.24) is 75.2 Å². The summed E-state index contributed by atoms with van der Waals surface area (Å²) in [6.07, 6.45) is 10.4. The Bertz CT molecular complexity index is 3150. The van der Waals surface area contributed by atoms with Crippen molar-refractivity contribution in [1.29, 1.82) is 0 Å². The van der Waals surface area contributed by atoms with Gasteiger partial charge >= 0.3 is 35.9 Å². The van der Waals surface area contributed by atoms with Crippen LogP contribution in [0.4, 0.5) is 33.9 Å². The maximum absolute atomic E-state index is 11.7. The molecule has 1 atom stereocenters. The van der Waals surface area contributed by atoms with Crippen LogP contribution >= 0.6 is 0 Å². The predicted octanol–water partition coefficient (Wildman–Crippen LogP) is 3.89. The molecule has 34 heteroatoms. The number of hydrogen-bond donors (Lipinski definition) is 11. The molecule has 5 aromatic rings. The highest BCUT2D eigenvalue weighted by Gasteiger charge is 2.27. The number of ketones is 1. The molecule has 2 saturated heterocycles. The van der Waals surface area contributed by atoms with Crippen LogP contribution in [0.5, 0.6) is 0 Å². The fourth-order valence-electron chi connectivity index (χ4n) is 8.25. The summed E-state index contributed by atoms with van der Waals surface area (Å²) in [6, 6.07) is 6.99. The monoisotopic (exact) mass is 1300 g/mol. The van der Waals surface area contributed by atoms with Gasteiger partial charge in [0.25, 0.3) is 0 Å². The maximum atomic E-state index is 11.7. The van der Waals surface area contributed by atoms with Crippen LogP contribution in [0.1, 0.15) is 139 Å². The zero-order valence-corrected chi connectivity index (χ0v) is 53.9. The van der Waals surface area contributed by atoms with E-state index in [1.807, 2.05) is 25.7 Å². The van der Waals surface area contributed by atoms with Crippen molar-refractivity contribution in [3.63, 3.8) is 0 Å². The zero-order valence-electron chi connectivity index (χ0n) is 53.9. The van der Waals surface area contributed by atoms with E-state index >= 15 is 0 Å². The lowest BCUT2D eigenvalue weighted by Gasteiger charge is -2.32. The number of nitrogens with one attached hydrogen (secondary N) is 6. The fraction of sp³-hybridized carbons (Fsp3) is 0.525. The summed E-state index contributed by atoms with van der Waals surface area (Å²) >= 11 is 0. The number of carbonyl (C=O) groups excluding carboxylic acids is 3. The van der Waals surface area contributed by atoms with Gasteiger partial charge in [0.15, 0.2) is 28.5 Å². The number of aromatic carboxylic acids is 5. The molecule has 2 amide bonds. The summed E-state index contributed by atoms with van der Waals surface area (Å²) in [4.78, 5) is 134. The average molecular weight is 1300 g/mol. The minimum atomic E-state index is -1.09. The molecule has 0 bridgehead atoms. The number of alkyl carbamates (subject to hydrolysis) is 1.